The van der Waals surface area contributed by atoms with E-state index < -0.39 is 17.1 Å². The molecule has 114 valence electrons. The van der Waals surface area contributed by atoms with E-state index >= 15 is 0 Å². The largest absolute Gasteiger partial charge is 0.339 e. The van der Waals surface area contributed by atoms with Crippen molar-refractivity contribution in [1.82, 2.24) is 4.57 Å². The zero-order chi connectivity index (χ0) is 16.6. The molecule has 0 amide bonds. The highest BCUT2D eigenvalue weighted by Gasteiger charge is 2.16. The lowest BCUT2D eigenvalue weighted by atomic mass is 10.1. The normalized spacial score (nSPS) is 12.1. The number of nitriles is 1. The zero-order valence-electron chi connectivity index (χ0n) is 12.3. The second kappa shape index (κ2) is 5.65. The number of hydrogen-bond donors (Lipinski definition) is 0. The summed E-state index contributed by atoms with van der Waals surface area (Å²) in [5.41, 5.74) is 0.472. The number of halogens is 2. The van der Waals surface area contributed by atoms with Gasteiger partial charge in [-0.2, -0.15) is 5.26 Å². The van der Waals surface area contributed by atoms with E-state index in [9.17, 15) is 13.6 Å². The van der Waals surface area contributed by atoms with Gasteiger partial charge in [0.1, 0.15) is 11.6 Å². The van der Waals surface area contributed by atoms with Crippen LogP contribution >= 0.6 is 0 Å². The molecular weight excluding hydrogens is 298 g/mol. The molecule has 23 heavy (non-hydrogen) atoms. The first-order chi connectivity index (χ1) is 11.0. The molecule has 3 aromatic rings. The van der Waals surface area contributed by atoms with Crippen molar-refractivity contribution in [2.75, 3.05) is 0 Å². The van der Waals surface area contributed by atoms with Gasteiger partial charge < -0.3 is 4.57 Å². The Hall–Kier alpha value is -3.00. The maximum atomic E-state index is 13.7. The lowest BCUT2D eigenvalue weighted by molar-refractivity contribution is 0.509. The SMILES string of the molecule is CC(c1ccccc1)n1cc(C#N)c(=O)c2cc(F)c(F)cc21. The van der Waals surface area contributed by atoms with Crippen molar-refractivity contribution < 1.29 is 8.78 Å². The van der Waals surface area contributed by atoms with E-state index in [1.54, 1.807) is 4.57 Å². The maximum absolute atomic E-state index is 13.7. The fourth-order valence-corrected chi connectivity index (χ4v) is 2.64. The number of nitrogens with zero attached hydrogens (tertiary/aromatic N) is 2. The van der Waals surface area contributed by atoms with E-state index in [0.717, 1.165) is 17.7 Å². The molecule has 0 bridgehead atoms. The Morgan fingerprint density at radius 1 is 1.13 bits per heavy atom. The van der Waals surface area contributed by atoms with Crippen LogP contribution < -0.4 is 5.43 Å². The highest BCUT2D eigenvalue weighted by molar-refractivity contribution is 5.80. The van der Waals surface area contributed by atoms with Gasteiger partial charge in [-0.25, -0.2) is 8.78 Å². The molecule has 0 fully saturated rings. The summed E-state index contributed by atoms with van der Waals surface area (Å²) >= 11 is 0. The molecule has 2 aromatic carbocycles. The van der Waals surface area contributed by atoms with E-state index in [4.69, 9.17) is 5.26 Å². The van der Waals surface area contributed by atoms with Gasteiger partial charge in [0.2, 0.25) is 5.43 Å². The molecule has 1 atom stereocenters. The molecule has 1 heterocycles. The Morgan fingerprint density at radius 2 is 1.78 bits per heavy atom. The van der Waals surface area contributed by atoms with Crippen LogP contribution in [-0.4, -0.2) is 4.57 Å². The second-order valence-corrected chi connectivity index (χ2v) is 5.26. The minimum absolute atomic E-state index is 0.00858. The van der Waals surface area contributed by atoms with Crippen molar-refractivity contribution >= 4 is 10.9 Å². The Bertz CT molecular complexity index is 988. The monoisotopic (exact) mass is 310 g/mol. The maximum Gasteiger partial charge on any atom is 0.207 e. The minimum Gasteiger partial charge on any atom is -0.339 e. The van der Waals surface area contributed by atoms with Crippen molar-refractivity contribution in [2.24, 2.45) is 0 Å². The lowest BCUT2D eigenvalue weighted by Crippen LogP contribution is -2.16. The summed E-state index contributed by atoms with van der Waals surface area (Å²) in [6.45, 7) is 1.86. The van der Waals surface area contributed by atoms with Crippen molar-refractivity contribution in [3.05, 3.63) is 81.6 Å². The molecule has 0 aliphatic heterocycles. The third-order valence-electron chi connectivity index (χ3n) is 3.89. The molecular formula is C18H12F2N2O. The van der Waals surface area contributed by atoms with Crippen LogP contribution in [0.2, 0.25) is 0 Å². The van der Waals surface area contributed by atoms with Gasteiger partial charge in [-0.05, 0) is 18.6 Å². The molecule has 0 aliphatic carbocycles. The summed E-state index contributed by atoms with van der Waals surface area (Å²) in [5, 5.41) is 9.14. The van der Waals surface area contributed by atoms with Gasteiger partial charge >= 0.3 is 0 Å². The van der Waals surface area contributed by atoms with Crippen LogP contribution in [0.1, 0.15) is 24.1 Å². The average Bonchev–Trinajstić information content (AvgIpc) is 2.57. The number of pyridine rings is 1. The van der Waals surface area contributed by atoms with E-state index in [2.05, 4.69) is 0 Å². The van der Waals surface area contributed by atoms with Gasteiger partial charge in [0.25, 0.3) is 0 Å². The molecule has 0 N–H and O–H groups in total. The molecule has 3 rings (SSSR count). The van der Waals surface area contributed by atoms with Gasteiger partial charge in [-0.15, -0.1) is 0 Å². The van der Waals surface area contributed by atoms with Crippen molar-refractivity contribution in [3.63, 3.8) is 0 Å². The van der Waals surface area contributed by atoms with E-state index in [-0.39, 0.29) is 22.5 Å². The van der Waals surface area contributed by atoms with Crippen LogP contribution in [0.3, 0.4) is 0 Å². The summed E-state index contributed by atoms with van der Waals surface area (Å²) in [5.74, 6) is -2.14. The fourth-order valence-electron chi connectivity index (χ4n) is 2.64. The number of benzene rings is 2. The first-order valence-corrected chi connectivity index (χ1v) is 7.02. The summed E-state index contributed by atoms with van der Waals surface area (Å²) in [7, 11) is 0. The molecule has 0 aliphatic rings. The van der Waals surface area contributed by atoms with E-state index in [0.29, 0.717) is 0 Å². The van der Waals surface area contributed by atoms with E-state index in [1.165, 1.54) is 6.20 Å². The number of rotatable bonds is 2. The van der Waals surface area contributed by atoms with Gasteiger partial charge in [0.05, 0.1) is 16.9 Å². The Balaban J connectivity index is 2.36. The van der Waals surface area contributed by atoms with Crippen LogP contribution in [0.4, 0.5) is 8.78 Å². The Labute approximate surface area is 131 Å². The quantitative estimate of drug-likeness (QED) is 0.723. The Kier molecular flexibility index (Phi) is 3.67. The molecule has 0 spiro atoms. The van der Waals surface area contributed by atoms with Crippen LogP contribution in [0.5, 0.6) is 0 Å². The molecule has 1 unspecified atom stereocenters. The third-order valence-corrected chi connectivity index (χ3v) is 3.89. The predicted octanol–water partition coefficient (Wildman–Crippen LogP) is 3.76. The first kappa shape index (κ1) is 14.9. The standard InChI is InChI=1S/C18H12F2N2O/c1-11(12-5-3-2-4-6-12)22-10-13(9-21)18(23)14-7-15(19)16(20)8-17(14)22/h2-8,10-11H,1H3. The number of aromatic nitrogens is 1. The summed E-state index contributed by atoms with van der Waals surface area (Å²) in [4.78, 5) is 12.2. The van der Waals surface area contributed by atoms with Crippen LogP contribution in [0, 0.1) is 23.0 Å². The van der Waals surface area contributed by atoms with Crippen LogP contribution in [-0.2, 0) is 0 Å². The lowest BCUT2D eigenvalue weighted by Gasteiger charge is -2.20. The zero-order valence-corrected chi connectivity index (χ0v) is 12.3. The summed E-state index contributed by atoms with van der Waals surface area (Å²) in [6.07, 6.45) is 1.39. The fraction of sp³-hybridized carbons (Fsp3) is 0.111. The van der Waals surface area contributed by atoms with Gasteiger partial charge in [0, 0.05) is 12.3 Å². The topological polar surface area (TPSA) is 45.8 Å². The summed E-state index contributed by atoms with van der Waals surface area (Å²) in [6, 6.07) is 12.8. The Morgan fingerprint density at radius 3 is 2.43 bits per heavy atom. The smallest absolute Gasteiger partial charge is 0.207 e. The molecule has 3 nitrogen and oxygen atoms in total. The minimum atomic E-state index is -1.11. The molecule has 0 radical (unpaired) electrons. The first-order valence-electron chi connectivity index (χ1n) is 7.02. The van der Waals surface area contributed by atoms with Crippen molar-refractivity contribution in [1.29, 1.82) is 5.26 Å². The number of fused-ring (bicyclic) bond motifs is 1. The highest BCUT2D eigenvalue weighted by Crippen LogP contribution is 2.24. The van der Waals surface area contributed by atoms with Crippen molar-refractivity contribution in [2.45, 2.75) is 13.0 Å². The highest BCUT2D eigenvalue weighted by atomic mass is 19.2. The molecule has 0 saturated carbocycles. The van der Waals surface area contributed by atoms with Crippen LogP contribution in [0.25, 0.3) is 10.9 Å². The third kappa shape index (κ3) is 2.49. The molecule has 5 heteroatoms. The molecule has 1 aromatic heterocycles. The van der Waals surface area contributed by atoms with Crippen LogP contribution in [0.15, 0.2) is 53.5 Å². The average molecular weight is 310 g/mol. The van der Waals surface area contributed by atoms with Gasteiger partial charge in [-0.1, -0.05) is 30.3 Å². The van der Waals surface area contributed by atoms with Crippen molar-refractivity contribution in [3.8, 4) is 6.07 Å². The van der Waals surface area contributed by atoms with Gasteiger partial charge in [0.15, 0.2) is 11.6 Å². The number of hydrogen-bond acceptors (Lipinski definition) is 2. The molecule has 0 saturated heterocycles. The van der Waals surface area contributed by atoms with E-state index in [1.807, 2.05) is 43.3 Å². The predicted molar refractivity (Wildman–Crippen MR) is 83.1 cm³/mol. The second-order valence-electron chi connectivity index (χ2n) is 5.26. The van der Waals surface area contributed by atoms with Gasteiger partial charge in [-0.3, -0.25) is 4.79 Å². The summed E-state index contributed by atoms with van der Waals surface area (Å²) < 4.78 is 28.8.